The Hall–Kier alpha value is -0.380. The lowest BCUT2D eigenvalue weighted by atomic mass is 10.0. The van der Waals surface area contributed by atoms with Gasteiger partial charge in [-0.15, -0.1) is 24.2 Å². The van der Waals surface area contributed by atoms with E-state index in [1.165, 1.54) is 36.6 Å². The van der Waals surface area contributed by atoms with E-state index in [-0.39, 0.29) is 12.4 Å². The summed E-state index contributed by atoms with van der Waals surface area (Å²) in [6.45, 7) is 2.36. The molecule has 2 nitrogen and oxygen atoms in total. The van der Waals surface area contributed by atoms with Crippen molar-refractivity contribution in [3.63, 3.8) is 0 Å². The molecule has 1 N–H and O–H groups in total. The molecule has 0 atom stereocenters. The molecule has 1 aliphatic heterocycles. The molecule has 1 saturated heterocycles. The first-order valence-corrected chi connectivity index (χ1v) is 6.85. The summed E-state index contributed by atoms with van der Waals surface area (Å²) >= 11 is 1.93. The smallest absolute Gasteiger partial charge is 0.132 e. The molecule has 0 aliphatic carbocycles. The summed E-state index contributed by atoms with van der Waals surface area (Å²) in [4.78, 5) is 1.27. The van der Waals surface area contributed by atoms with Gasteiger partial charge in [-0.3, -0.25) is 0 Å². The molecule has 1 aliphatic rings. The Balaban J connectivity index is 0.00000144. The third-order valence-electron chi connectivity index (χ3n) is 3.00. The van der Waals surface area contributed by atoms with Crippen LogP contribution in [0.15, 0.2) is 29.2 Å². The number of nitrogens with one attached hydrogen (secondary N) is 1. The number of benzene rings is 1. The SMILES string of the molecule is COc1ccccc1SCC1CCNCC1.Cl. The molecule has 1 aromatic rings. The van der Waals surface area contributed by atoms with Gasteiger partial charge in [0, 0.05) is 10.6 Å². The molecular formula is C13H20ClNOS. The maximum Gasteiger partial charge on any atom is 0.132 e. The Morgan fingerprint density at radius 3 is 2.71 bits per heavy atom. The summed E-state index contributed by atoms with van der Waals surface area (Å²) < 4.78 is 5.35. The first-order chi connectivity index (χ1) is 7.90. The van der Waals surface area contributed by atoms with Crippen LogP contribution in [0.3, 0.4) is 0 Å². The molecule has 4 heteroatoms. The fourth-order valence-electron chi connectivity index (χ4n) is 1.99. The quantitative estimate of drug-likeness (QED) is 0.852. The molecule has 0 saturated carbocycles. The summed E-state index contributed by atoms with van der Waals surface area (Å²) in [5, 5.41) is 3.40. The largest absolute Gasteiger partial charge is 0.496 e. The second-order valence-electron chi connectivity index (χ2n) is 4.16. The van der Waals surface area contributed by atoms with E-state index in [2.05, 4.69) is 17.4 Å². The van der Waals surface area contributed by atoms with Crippen molar-refractivity contribution in [1.82, 2.24) is 5.32 Å². The maximum absolute atomic E-state index is 5.35. The van der Waals surface area contributed by atoms with E-state index >= 15 is 0 Å². The van der Waals surface area contributed by atoms with Gasteiger partial charge in [0.25, 0.3) is 0 Å². The van der Waals surface area contributed by atoms with Gasteiger partial charge in [0.1, 0.15) is 5.75 Å². The number of hydrogen-bond donors (Lipinski definition) is 1. The van der Waals surface area contributed by atoms with Crippen LogP contribution < -0.4 is 10.1 Å². The minimum atomic E-state index is 0. The molecule has 1 aromatic carbocycles. The van der Waals surface area contributed by atoms with Gasteiger partial charge in [0.05, 0.1) is 7.11 Å². The van der Waals surface area contributed by atoms with Crippen molar-refractivity contribution < 1.29 is 4.74 Å². The van der Waals surface area contributed by atoms with E-state index in [4.69, 9.17) is 4.74 Å². The normalized spacial score (nSPS) is 16.3. The van der Waals surface area contributed by atoms with Crippen molar-refractivity contribution in [2.45, 2.75) is 17.7 Å². The van der Waals surface area contributed by atoms with Crippen LogP contribution in [-0.2, 0) is 0 Å². The van der Waals surface area contributed by atoms with Crippen molar-refractivity contribution in [1.29, 1.82) is 0 Å². The second-order valence-corrected chi connectivity index (χ2v) is 5.22. The van der Waals surface area contributed by atoms with Crippen molar-refractivity contribution >= 4 is 24.2 Å². The lowest BCUT2D eigenvalue weighted by Gasteiger charge is -2.22. The number of halogens is 1. The summed E-state index contributed by atoms with van der Waals surface area (Å²) in [7, 11) is 1.74. The van der Waals surface area contributed by atoms with Crippen LogP contribution in [0, 0.1) is 5.92 Å². The van der Waals surface area contributed by atoms with E-state index in [0.29, 0.717) is 0 Å². The van der Waals surface area contributed by atoms with Crippen LogP contribution in [0.5, 0.6) is 5.75 Å². The Morgan fingerprint density at radius 2 is 2.00 bits per heavy atom. The van der Waals surface area contributed by atoms with Gasteiger partial charge in [-0.2, -0.15) is 0 Å². The number of hydrogen-bond acceptors (Lipinski definition) is 3. The zero-order valence-electron chi connectivity index (χ0n) is 10.1. The Morgan fingerprint density at radius 1 is 1.29 bits per heavy atom. The molecule has 17 heavy (non-hydrogen) atoms. The molecule has 0 bridgehead atoms. The second kappa shape index (κ2) is 7.85. The van der Waals surface area contributed by atoms with Gasteiger partial charge >= 0.3 is 0 Å². The molecule has 1 heterocycles. The van der Waals surface area contributed by atoms with Gasteiger partial charge in [-0.1, -0.05) is 12.1 Å². The fraction of sp³-hybridized carbons (Fsp3) is 0.538. The third kappa shape index (κ3) is 4.41. The number of piperidine rings is 1. The van der Waals surface area contributed by atoms with Gasteiger partial charge in [-0.25, -0.2) is 0 Å². The Labute approximate surface area is 114 Å². The highest BCUT2D eigenvalue weighted by atomic mass is 35.5. The fourth-order valence-corrected chi connectivity index (χ4v) is 3.21. The van der Waals surface area contributed by atoms with Crippen LogP contribution in [0.4, 0.5) is 0 Å². The van der Waals surface area contributed by atoms with E-state index in [0.717, 1.165) is 11.7 Å². The highest BCUT2D eigenvalue weighted by Crippen LogP contribution is 2.31. The molecule has 0 spiro atoms. The van der Waals surface area contributed by atoms with E-state index in [1.54, 1.807) is 7.11 Å². The van der Waals surface area contributed by atoms with Crippen LogP contribution in [-0.4, -0.2) is 26.0 Å². The zero-order valence-corrected chi connectivity index (χ0v) is 11.8. The van der Waals surface area contributed by atoms with Crippen LogP contribution in [0.25, 0.3) is 0 Å². The van der Waals surface area contributed by atoms with Gasteiger partial charge in [-0.05, 0) is 44.0 Å². The van der Waals surface area contributed by atoms with Crippen molar-refractivity contribution in [2.24, 2.45) is 5.92 Å². The number of methoxy groups -OCH3 is 1. The van der Waals surface area contributed by atoms with Crippen molar-refractivity contribution in [2.75, 3.05) is 26.0 Å². The standard InChI is InChI=1S/C13H19NOS.ClH/c1-15-12-4-2-3-5-13(12)16-10-11-6-8-14-9-7-11;/h2-5,11,14H,6-10H2,1H3;1H. The molecule has 0 aromatic heterocycles. The summed E-state index contributed by atoms with van der Waals surface area (Å²) in [6.07, 6.45) is 2.62. The monoisotopic (exact) mass is 273 g/mol. The van der Waals surface area contributed by atoms with E-state index < -0.39 is 0 Å². The average molecular weight is 274 g/mol. The minimum Gasteiger partial charge on any atom is -0.496 e. The first-order valence-electron chi connectivity index (χ1n) is 5.86. The van der Waals surface area contributed by atoms with Gasteiger partial charge < -0.3 is 10.1 Å². The van der Waals surface area contributed by atoms with Crippen LogP contribution in [0.1, 0.15) is 12.8 Å². The van der Waals surface area contributed by atoms with Crippen molar-refractivity contribution in [3.8, 4) is 5.75 Å². The zero-order chi connectivity index (χ0) is 11.2. The predicted molar refractivity (Wildman–Crippen MR) is 76.6 cm³/mol. The summed E-state index contributed by atoms with van der Waals surface area (Å²) in [5.74, 6) is 3.07. The predicted octanol–water partition coefficient (Wildman–Crippen LogP) is 3.21. The number of ether oxygens (including phenoxy) is 1. The molecule has 2 rings (SSSR count). The molecular weight excluding hydrogens is 254 g/mol. The van der Waals surface area contributed by atoms with E-state index in [9.17, 15) is 0 Å². The lowest BCUT2D eigenvalue weighted by molar-refractivity contribution is 0.402. The highest BCUT2D eigenvalue weighted by Gasteiger charge is 2.13. The maximum atomic E-state index is 5.35. The number of para-hydroxylation sites is 1. The van der Waals surface area contributed by atoms with Gasteiger partial charge in [0.2, 0.25) is 0 Å². The number of thioether (sulfide) groups is 1. The average Bonchev–Trinajstić information content (AvgIpc) is 2.38. The Kier molecular flexibility index (Phi) is 6.78. The molecule has 1 fully saturated rings. The van der Waals surface area contributed by atoms with Crippen molar-refractivity contribution in [3.05, 3.63) is 24.3 Å². The third-order valence-corrected chi connectivity index (χ3v) is 4.29. The molecule has 0 unspecified atom stereocenters. The van der Waals surface area contributed by atoms with Gasteiger partial charge in [0.15, 0.2) is 0 Å². The topological polar surface area (TPSA) is 21.3 Å². The van der Waals surface area contributed by atoms with Crippen LogP contribution in [0.2, 0.25) is 0 Å². The number of rotatable bonds is 4. The first kappa shape index (κ1) is 14.7. The molecule has 0 radical (unpaired) electrons. The summed E-state index contributed by atoms with van der Waals surface area (Å²) in [5.41, 5.74) is 0. The molecule has 96 valence electrons. The van der Waals surface area contributed by atoms with Crippen LogP contribution >= 0.6 is 24.2 Å². The highest BCUT2D eigenvalue weighted by molar-refractivity contribution is 7.99. The lowest BCUT2D eigenvalue weighted by Crippen LogP contribution is -2.28. The molecule has 0 amide bonds. The minimum absolute atomic E-state index is 0. The Bertz CT molecular complexity index is 329. The summed E-state index contributed by atoms with van der Waals surface area (Å²) in [6, 6.07) is 8.27. The van der Waals surface area contributed by atoms with E-state index in [1.807, 2.05) is 23.9 Å².